The molecule has 2 aromatic rings. The standard InChI is InChI=1S/C15H20N6O2/c1-11-18-13(7-14(22)19-11)12-3-2-5-20(8-12)15(23)4-6-21-10-16-9-17-21/h7,9-10,12H,2-6,8H2,1H3,(H,18,19,22). The SMILES string of the molecule is Cc1nc(C2CCCN(C(=O)CCn3cncn3)C2)cc(=O)[nH]1. The fourth-order valence-corrected chi connectivity index (χ4v) is 2.97. The summed E-state index contributed by atoms with van der Waals surface area (Å²) in [6.45, 7) is 3.68. The smallest absolute Gasteiger partial charge is 0.251 e. The Kier molecular flexibility index (Phi) is 4.50. The van der Waals surface area contributed by atoms with Gasteiger partial charge in [0.25, 0.3) is 5.56 Å². The number of aromatic amines is 1. The molecule has 1 atom stereocenters. The molecule has 1 unspecified atom stereocenters. The van der Waals surface area contributed by atoms with Gasteiger partial charge < -0.3 is 9.88 Å². The zero-order valence-electron chi connectivity index (χ0n) is 13.1. The molecule has 0 bridgehead atoms. The number of hydrogen-bond donors (Lipinski definition) is 1. The van der Waals surface area contributed by atoms with E-state index in [0.717, 1.165) is 25.1 Å². The molecule has 122 valence electrons. The largest absolute Gasteiger partial charge is 0.342 e. The molecule has 0 radical (unpaired) electrons. The van der Waals surface area contributed by atoms with E-state index in [1.165, 1.54) is 6.33 Å². The van der Waals surface area contributed by atoms with E-state index in [-0.39, 0.29) is 17.4 Å². The second kappa shape index (κ2) is 6.72. The summed E-state index contributed by atoms with van der Waals surface area (Å²) in [5, 5.41) is 4.00. The molecular formula is C15H20N6O2. The van der Waals surface area contributed by atoms with Crippen molar-refractivity contribution in [3.05, 3.63) is 40.6 Å². The average molecular weight is 316 g/mol. The number of piperidine rings is 1. The molecule has 1 saturated heterocycles. The van der Waals surface area contributed by atoms with Crippen LogP contribution in [0.1, 0.15) is 36.7 Å². The van der Waals surface area contributed by atoms with Crippen molar-refractivity contribution in [3.8, 4) is 0 Å². The summed E-state index contributed by atoms with van der Waals surface area (Å²) in [6.07, 6.45) is 5.34. The monoisotopic (exact) mass is 316 g/mol. The van der Waals surface area contributed by atoms with Crippen molar-refractivity contribution in [1.29, 1.82) is 0 Å². The molecule has 0 spiro atoms. The van der Waals surface area contributed by atoms with Gasteiger partial charge in [-0.25, -0.2) is 9.97 Å². The highest BCUT2D eigenvalue weighted by atomic mass is 16.2. The molecule has 23 heavy (non-hydrogen) atoms. The molecule has 1 fully saturated rings. The Morgan fingerprint density at radius 2 is 2.35 bits per heavy atom. The van der Waals surface area contributed by atoms with Crippen molar-refractivity contribution >= 4 is 5.91 Å². The van der Waals surface area contributed by atoms with Crippen molar-refractivity contribution in [3.63, 3.8) is 0 Å². The number of carbonyl (C=O) groups is 1. The lowest BCUT2D eigenvalue weighted by Gasteiger charge is -2.32. The summed E-state index contributed by atoms with van der Waals surface area (Å²) in [5.74, 6) is 0.842. The fourth-order valence-electron chi connectivity index (χ4n) is 2.97. The molecule has 8 heteroatoms. The zero-order valence-corrected chi connectivity index (χ0v) is 13.1. The van der Waals surface area contributed by atoms with Crippen LogP contribution in [0.15, 0.2) is 23.5 Å². The van der Waals surface area contributed by atoms with Crippen LogP contribution < -0.4 is 5.56 Å². The fraction of sp³-hybridized carbons (Fsp3) is 0.533. The number of hydrogen-bond acceptors (Lipinski definition) is 5. The average Bonchev–Trinajstić information content (AvgIpc) is 3.05. The summed E-state index contributed by atoms with van der Waals surface area (Å²) >= 11 is 0. The van der Waals surface area contributed by atoms with Gasteiger partial charge in [-0.2, -0.15) is 5.10 Å². The third kappa shape index (κ3) is 3.82. The van der Waals surface area contributed by atoms with E-state index in [1.807, 2.05) is 4.90 Å². The van der Waals surface area contributed by atoms with Crippen molar-refractivity contribution in [1.82, 2.24) is 29.6 Å². The van der Waals surface area contributed by atoms with Crippen LogP contribution in [0.2, 0.25) is 0 Å². The lowest BCUT2D eigenvalue weighted by Crippen LogP contribution is -2.40. The lowest BCUT2D eigenvalue weighted by atomic mass is 9.94. The first-order valence-electron chi connectivity index (χ1n) is 7.80. The lowest BCUT2D eigenvalue weighted by molar-refractivity contribution is -0.132. The Balaban J connectivity index is 1.63. The Morgan fingerprint density at radius 1 is 1.48 bits per heavy atom. The van der Waals surface area contributed by atoms with Crippen LogP contribution in [-0.4, -0.2) is 48.6 Å². The molecule has 1 aliphatic rings. The normalized spacial score (nSPS) is 18.1. The van der Waals surface area contributed by atoms with Crippen LogP contribution in [0.4, 0.5) is 0 Å². The second-order valence-corrected chi connectivity index (χ2v) is 5.84. The quantitative estimate of drug-likeness (QED) is 0.884. The summed E-state index contributed by atoms with van der Waals surface area (Å²) in [4.78, 5) is 36.8. The minimum Gasteiger partial charge on any atom is -0.342 e. The van der Waals surface area contributed by atoms with Crippen molar-refractivity contribution in [2.75, 3.05) is 13.1 Å². The van der Waals surface area contributed by atoms with Gasteiger partial charge in [-0.05, 0) is 19.8 Å². The van der Waals surface area contributed by atoms with Gasteiger partial charge in [0.1, 0.15) is 18.5 Å². The van der Waals surface area contributed by atoms with E-state index < -0.39 is 0 Å². The summed E-state index contributed by atoms with van der Waals surface area (Å²) in [7, 11) is 0. The van der Waals surface area contributed by atoms with Crippen LogP contribution in [-0.2, 0) is 11.3 Å². The maximum absolute atomic E-state index is 12.4. The van der Waals surface area contributed by atoms with Crippen LogP contribution in [0, 0.1) is 6.92 Å². The number of nitrogens with one attached hydrogen (secondary N) is 1. The first-order valence-corrected chi connectivity index (χ1v) is 7.80. The minimum atomic E-state index is -0.137. The van der Waals surface area contributed by atoms with Crippen LogP contribution in [0.3, 0.4) is 0 Å². The number of rotatable bonds is 4. The maximum atomic E-state index is 12.4. The van der Waals surface area contributed by atoms with E-state index in [1.54, 1.807) is 24.0 Å². The number of H-pyrrole nitrogens is 1. The number of aromatic nitrogens is 5. The number of carbonyl (C=O) groups excluding carboxylic acids is 1. The molecule has 8 nitrogen and oxygen atoms in total. The van der Waals surface area contributed by atoms with Gasteiger partial charge >= 0.3 is 0 Å². The van der Waals surface area contributed by atoms with E-state index in [2.05, 4.69) is 20.1 Å². The highest BCUT2D eigenvalue weighted by Gasteiger charge is 2.25. The van der Waals surface area contributed by atoms with Gasteiger partial charge in [0, 0.05) is 31.5 Å². The van der Waals surface area contributed by atoms with Gasteiger partial charge in [-0.1, -0.05) is 0 Å². The molecule has 3 rings (SSSR count). The molecule has 3 heterocycles. The van der Waals surface area contributed by atoms with Gasteiger partial charge in [-0.15, -0.1) is 0 Å². The van der Waals surface area contributed by atoms with Gasteiger partial charge in [0.2, 0.25) is 5.91 Å². The maximum Gasteiger partial charge on any atom is 0.251 e. The molecule has 1 amide bonds. The summed E-state index contributed by atoms with van der Waals surface area (Å²) in [6, 6.07) is 1.54. The van der Waals surface area contributed by atoms with Gasteiger partial charge in [-0.3, -0.25) is 14.3 Å². The highest BCUT2D eigenvalue weighted by molar-refractivity contribution is 5.76. The molecule has 2 aromatic heterocycles. The zero-order chi connectivity index (χ0) is 16.2. The van der Waals surface area contributed by atoms with Crippen molar-refractivity contribution < 1.29 is 4.79 Å². The van der Waals surface area contributed by atoms with E-state index in [9.17, 15) is 9.59 Å². The Labute approximate surface area is 133 Å². The molecule has 0 aromatic carbocycles. The van der Waals surface area contributed by atoms with E-state index >= 15 is 0 Å². The third-order valence-corrected chi connectivity index (χ3v) is 4.09. The summed E-state index contributed by atoms with van der Waals surface area (Å²) < 4.78 is 1.65. The van der Waals surface area contributed by atoms with E-state index in [4.69, 9.17) is 0 Å². The predicted molar refractivity (Wildman–Crippen MR) is 82.8 cm³/mol. The van der Waals surface area contributed by atoms with Crippen LogP contribution >= 0.6 is 0 Å². The molecular weight excluding hydrogens is 296 g/mol. The second-order valence-electron chi connectivity index (χ2n) is 5.84. The Morgan fingerprint density at radius 3 is 3.09 bits per heavy atom. The van der Waals surface area contributed by atoms with E-state index in [0.29, 0.717) is 25.3 Å². The van der Waals surface area contributed by atoms with Crippen molar-refractivity contribution in [2.45, 2.75) is 38.6 Å². The Hall–Kier alpha value is -2.51. The molecule has 0 saturated carbocycles. The van der Waals surface area contributed by atoms with Crippen LogP contribution in [0.5, 0.6) is 0 Å². The first kappa shape index (κ1) is 15.4. The van der Waals surface area contributed by atoms with Crippen LogP contribution in [0.25, 0.3) is 0 Å². The van der Waals surface area contributed by atoms with Gasteiger partial charge in [0.15, 0.2) is 0 Å². The van der Waals surface area contributed by atoms with Crippen molar-refractivity contribution in [2.24, 2.45) is 0 Å². The highest BCUT2D eigenvalue weighted by Crippen LogP contribution is 2.25. The third-order valence-electron chi connectivity index (χ3n) is 4.09. The summed E-state index contributed by atoms with van der Waals surface area (Å²) in [5.41, 5.74) is 0.641. The van der Waals surface area contributed by atoms with Gasteiger partial charge in [0.05, 0.1) is 12.2 Å². The number of nitrogens with zero attached hydrogens (tertiary/aromatic N) is 5. The number of amides is 1. The predicted octanol–water partition coefficient (Wildman–Crippen LogP) is 0.466. The topological polar surface area (TPSA) is 96.8 Å². The Bertz CT molecular complexity index is 724. The first-order chi connectivity index (χ1) is 11.1. The number of aryl methyl sites for hydroxylation is 2. The molecule has 1 aliphatic heterocycles. The molecule has 1 N–H and O–H groups in total. The number of likely N-dealkylation sites (tertiary alicyclic amines) is 1. The minimum absolute atomic E-state index is 0.103. The molecule has 0 aliphatic carbocycles.